The van der Waals surface area contributed by atoms with Gasteiger partial charge in [-0.3, -0.25) is 4.79 Å². The van der Waals surface area contributed by atoms with Crippen molar-refractivity contribution in [2.45, 2.75) is 13.3 Å². The van der Waals surface area contributed by atoms with E-state index in [1.807, 2.05) is 6.07 Å². The third-order valence-corrected chi connectivity index (χ3v) is 3.92. The minimum atomic E-state index is -0.388. The van der Waals surface area contributed by atoms with Crippen LogP contribution >= 0.6 is 0 Å². The summed E-state index contributed by atoms with van der Waals surface area (Å²) in [7, 11) is 0. The highest BCUT2D eigenvalue weighted by molar-refractivity contribution is 5.96. The molecule has 1 amide bonds. The minimum Gasteiger partial charge on any atom is -0.486 e. The van der Waals surface area contributed by atoms with Crippen LogP contribution < -0.4 is 20.1 Å². The molecule has 0 unspecified atom stereocenters. The van der Waals surface area contributed by atoms with Gasteiger partial charge in [0.1, 0.15) is 13.2 Å². The molecule has 1 heterocycles. The van der Waals surface area contributed by atoms with Gasteiger partial charge < -0.3 is 24.8 Å². The van der Waals surface area contributed by atoms with Crippen molar-refractivity contribution in [1.29, 1.82) is 0 Å². The van der Waals surface area contributed by atoms with E-state index in [2.05, 4.69) is 10.6 Å². The van der Waals surface area contributed by atoms with Crippen molar-refractivity contribution in [3.63, 3.8) is 0 Å². The Bertz CT molecular complexity index is 822. The van der Waals surface area contributed by atoms with Crippen molar-refractivity contribution in [1.82, 2.24) is 0 Å². The summed E-state index contributed by atoms with van der Waals surface area (Å²) in [5, 5.41) is 5.94. The average Bonchev–Trinajstić information content (AvgIpc) is 2.68. The highest BCUT2D eigenvalue weighted by Crippen LogP contribution is 2.32. The largest absolute Gasteiger partial charge is 0.486 e. The number of benzene rings is 2. The van der Waals surface area contributed by atoms with Crippen molar-refractivity contribution in [3.05, 3.63) is 48.0 Å². The van der Waals surface area contributed by atoms with Gasteiger partial charge in [-0.05, 0) is 31.2 Å². The Kier molecular flexibility index (Phi) is 6.14. The Morgan fingerprint density at radius 3 is 2.67 bits per heavy atom. The van der Waals surface area contributed by atoms with E-state index in [1.54, 1.807) is 43.3 Å². The standard InChI is InChI=1S/C20H22N2O5/c1-2-25-20(24)15-5-3-4-6-16(15)21-10-9-19(23)22-14-7-8-17-18(13-14)27-12-11-26-17/h3-8,13,21H,2,9-12H2,1H3,(H,22,23). The van der Waals surface area contributed by atoms with Gasteiger partial charge in [-0.15, -0.1) is 0 Å². The number of carbonyl (C=O) groups excluding carboxylic acids is 2. The van der Waals surface area contributed by atoms with Crippen LogP contribution in [0.15, 0.2) is 42.5 Å². The first-order valence-electron chi connectivity index (χ1n) is 8.87. The molecule has 7 nitrogen and oxygen atoms in total. The first-order chi connectivity index (χ1) is 13.2. The van der Waals surface area contributed by atoms with Gasteiger partial charge in [0.25, 0.3) is 0 Å². The summed E-state index contributed by atoms with van der Waals surface area (Å²) in [6.45, 7) is 3.47. The fourth-order valence-corrected chi connectivity index (χ4v) is 2.68. The Labute approximate surface area is 157 Å². The smallest absolute Gasteiger partial charge is 0.340 e. The normalized spacial score (nSPS) is 12.2. The maximum atomic E-state index is 12.2. The fraction of sp³-hybridized carbons (Fsp3) is 0.300. The van der Waals surface area contributed by atoms with E-state index in [0.717, 1.165) is 0 Å². The summed E-state index contributed by atoms with van der Waals surface area (Å²) in [6, 6.07) is 12.4. The molecule has 0 fully saturated rings. The van der Waals surface area contributed by atoms with E-state index < -0.39 is 0 Å². The van der Waals surface area contributed by atoms with Crippen LogP contribution in [0.2, 0.25) is 0 Å². The van der Waals surface area contributed by atoms with E-state index in [9.17, 15) is 9.59 Å². The second-order valence-electron chi connectivity index (χ2n) is 5.85. The number of ether oxygens (including phenoxy) is 3. The lowest BCUT2D eigenvalue weighted by Gasteiger charge is -2.19. The molecule has 0 aliphatic carbocycles. The number of fused-ring (bicyclic) bond motifs is 1. The lowest BCUT2D eigenvalue weighted by atomic mass is 10.1. The number of hydrogen-bond acceptors (Lipinski definition) is 6. The number of esters is 1. The van der Waals surface area contributed by atoms with Crippen LogP contribution in [0.1, 0.15) is 23.7 Å². The molecular weight excluding hydrogens is 348 g/mol. The molecule has 0 radical (unpaired) electrons. The van der Waals surface area contributed by atoms with Gasteiger partial charge in [0.15, 0.2) is 11.5 Å². The van der Waals surface area contributed by atoms with Gasteiger partial charge in [-0.25, -0.2) is 4.79 Å². The molecule has 0 spiro atoms. The number of nitrogens with one attached hydrogen (secondary N) is 2. The minimum absolute atomic E-state index is 0.146. The first kappa shape index (κ1) is 18.6. The topological polar surface area (TPSA) is 85.9 Å². The predicted octanol–water partition coefficient (Wildman–Crippen LogP) is 3.08. The van der Waals surface area contributed by atoms with Crippen molar-refractivity contribution >= 4 is 23.3 Å². The van der Waals surface area contributed by atoms with Crippen LogP contribution in [-0.4, -0.2) is 38.2 Å². The van der Waals surface area contributed by atoms with Crippen LogP contribution in [0.5, 0.6) is 11.5 Å². The summed E-state index contributed by atoms with van der Waals surface area (Å²) in [4.78, 5) is 24.1. The molecule has 27 heavy (non-hydrogen) atoms. The fourth-order valence-electron chi connectivity index (χ4n) is 2.68. The average molecular weight is 370 g/mol. The van der Waals surface area contributed by atoms with Crippen LogP contribution in [0.4, 0.5) is 11.4 Å². The number of amides is 1. The third kappa shape index (κ3) is 4.91. The molecule has 0 aromatic heterocycles. The SMILES string of the molecule is CCOC(=O)c1ccccc1NCCC(=O)Nc1ccc2c(c1)OCCO2. The molecule has 1 aliphatic rings. The molecule has 0 bridgehead atoms. The number of para-hydroxylation sites is 1. The van der Waals surface area contributed by atoms with Crippen molar-refractivity contribution in [2.24, 2.45) is 0 Å². The molecule has 7 heteroatoms. The van der Waals surface area contributed by atoms with Crippen LogP contribution in [0.25, 0.3) is 0 Å². The molecule has 1 aliphatic heterocycles. The van der Waals surface area contributed by atoms with Crippen molar-refractivity contribution in [3.8, 4) is 11.5 Å². The molecule has 2 N–H and O–H groups in total. The Hall–Kier alpha value is -3.22. The van der Waals surface area contributed by atoms with Gasteiger partial charge in [0, 0.05) is 30.4 Å². The summed E-state index contributed by atoms with van der Waals surface area (Å²) >= 11 is 0. The second kappa shape index (κ2) is 8.93. The maximum absolute atomic E-state index is 12.2. The molecular formula is C20H22N2O5. The Morgan fingerprint density at radius 2 is 1.85 bits per heavy atom. The predicted molar refractivity (Wildman–Crippen MR) is 102 cm³/mol. The van der Waals surface area contributed by atoms with E-state index in [-0.39, 0.29) is 18.3 Å². The van der Waals surface area contributed by atoms with E-state index in [4.69, 9.17) is 14.2 Å². The number of rotatable bonds is 7. The maximum Gasteiger partial charge on any atom is 0.340 e. The summed E-state index contributed by atoms with van der Waals surface area (Å²) in [6.07, 6.45) is 0.242. The van der Waals surface area contributed by atoms with Crippen LogP contribution in [0, 0.1) is 0 Å². The molecule has 2 aromatic rings. The van der Waals surface area contributed by atoms with Gasteiger partial charge in [0.05, 0.1) is 12.2 Å². The van der Waals surface area contributed by atoms with Crippen LogP contribution in [0.3, 0.4) is 0 Å². The van der Waals surface area contributed by atoms with Gasteiger partial charge in [0.2, 0.25) is 5.91 Å². The lowest BCUT2D eigenvalue weighted by Crippen LogP contribution is -2.18. The zero-order valence-electron chi connectivity index (χ0n) is 15.1. The summed E-state index contributed by atoms with van der Waals surface area (Å²) in [5.41, 5.74) is 1.74. The second-order valence-corrected chi connectivity index (χ2v) is 5.85. The first-order valence-corrected chi connectivity index (χ1v) is 8.87. The molecule has 2 aromatic carbocycles. The molecule has 3 rings (SSSR count). The number of carbonyl (C=O) groups is 2. The Morgan fingerprint density at radius 1 is 1.07 bits per heavy atom. The Balaban J connectivity index is 1.52. The summed E-state index contributed by atoms with van der Waals surface area (Å²) < 4.78 is 16.0. The molecule has 142 valence electrons. The monoisotopic (exact) mass is 370 g/mol. The summed E-state index contributed by atoms with van der Waals surface area (Å²) in [5.74, 6) is 0.770. The molecule has 0 atom stereocenters. The number of hydrogen-bond donors (Lipinski definition) is 2. The van der Waals surface area contributed by atoms with E-state index in [0.29, 0.717) is 54.8 Å². The zero-order chi connectivity index (χ0) is 19.1. The zero-order valence-corrected chi connectivity index (χ0v) is 15.1. The van der Waals surface area contributed by atoms with Gasteiger partial charge >= 0.3 is 5.97 Å². The quantitative estimate of drug-likeness (QED) is 0.729. The number of anilines is 2. The highest BCUT2D eigenvalue weighted by atomic mass is 16.6. The molecule has 0 saturated heterocycles. The van der Waals surface area contributed by atoms with E-state index in [1.165, 1.54) is 0 Å². The lowest BCUT2D eigenvalue weighted by molar-refractivity contribution is -0.115. The molecule has 0 saturated carbocycles. The van der Waals surface area contributed by atoms with E-state index >= 15 is 0 Å². The van der Waals surface area contributed by atoms with Crippen molar-refractivity contribution in [2.75, 3.05) is 37.0 Å². The van der Waals surface area contributed by atoms with Gasteiger partial charge in [-0.2, -0.15) is 0 Å². The van der Waals surface area contributed by atoms with Crippen molar-refractivity contribution < 1.29 is 23.8 Å². The third-order valence-electron chi connectivity index (χ3n) is 3.92. The van der Waals surface area contributed by atoms with Crippen LogP contribution in [-0.2, 0) is 9.53 Å². The highest BCUT2D eigenvalue weighted by Gasteiger charge is 2.14. The van der Waals surface area contributed by atoms with Gasteiger partial charge in [-0.1, -0.05) is 12.1 Å².